The molecule has 1 rings (SSSR count). The third-order valence-corrected chi connectivity index (χ3v) is 4.86. The maximum absolute atomic E-state index is 12.3. The minimum Gasteiger partial charge on any atom is -0.494 e. The van der Waals surface area contributed by atoms with Crippen molar-refractivity contribution in [3.63, 3.8) is 0 Å². The molecule has 0 saturated carbocycles. The largest absolute Gasteiger partial charge is 0.494 e. The van der Waals surface area contributed by atoms with E-state index >= 15 is 0 Å². The second-order valence-corrected chi connectivity index (χ2v) is 6.35. The fourth-order valence-electron chi connectivity index (χ4n) is 1.76. The normalized spacial score (nSPS) is 11.3. The first kappa shape index (κ1) is 17.5. The zero-order valence-electron chi connectivity index (χ0n) is 12.5. The van der Waals surface area contributed by atoms with E-state index in [0.717, 1.165) is 13.0 Å². The molecule has 1 aromatic rings. The van der Waals surface area contributed by atoms with Crippen LogP contribution >= 0.6 is 0 Å². The van der Waals surface area contributed by atoms with Gasteiger partial charge in [-0.3, -0.25) is 0 Å². The number of terminal acetylenes is 1. The molecule has 0 aliphatic rings. The molecular formula is C15H22N2O3S. The van der Waals surface area contributed by atoms with Crippen LogP contribution in [0.4, 0.5) is 0 Å². The third-order valence-electron chi connectivity index (χ3n) is 2.92. The van der Waals surface area contributed by atoms with E-state index in [4.69, 9.17) is 11.2 Å². The quantitative estimate of drug-likeness (QED) is 0.552. The second-order valence-electron chi connectivity index (χ2n) is 4.41. The molecule has 1 N–H and O–H groups in total. The van der Waals surface area contributed by atoms with E-state index in [2.05, 4.69) is 11.2 Å². The molecule has 1 aromatic carbocycles. The van der Waals surface area contributed by atoms with E-state index in [1.165, 1.54) is 4.31 Å². The van der Waals surface area contributed by atoms with Gasteiger partial charge in [0.25, 0.3) is 0 Å². The molecule has 21 heavy (non-hydrogen) atoms. The Morgan fingerprint density at radius 3 is 2.52 bits per heavy atom. The summed E-state index contributed by atoms with van der Waals surface area (Å²) in [5.74, 6) is 3.02. The average molecular weight is 310 g/mol. The Kier molecular flexibility index (Phi) is 7.23. The smallest absolute Gasteiger partial charge is 0.243 e. The number of hydrogen-bond acceptors (Lipinski definition) is 4. The highest BCUT2D eigenvalue weighted by molar-refractivity contribution is 7.89. The van der Waals surface area contributed by atoms with Gasteiger partial charge in [-0.2, -0.15) is 4.31 Å². The van der Waals surface area contributed by atoms with E-state index in [9.17, 15) is 8.42 Å². The van der Waals surface area contributed by atoms with Gasteiger partial charge >= 0.3 is 0 Å². The lowest BCUT2D eigenvalue weighted by molar-refractivity contribution is 0.309. The first-order chi connectivity index (χ1) is 10.1. The average Bonchev–Trinajstić information content (AvgIpc) is 2.49. The Morgan fingerprint density at radius 2 is 2.00 bits per heavy atom. The lowest BCUT2D eigenvalue weighted by atomic mass is 10.3. The molecule has 0 radical (unpaired) electrons. The Hall–Kier alpha value is -1.55. The summed E-state index contributed by atoms with van der Waals surface area (Å²) in [6.07, 6.45) is 6.09. The van der Waals surface area contributed by atoms with Gasteiger partial charge in [0, 0.05) is 6.54 Å². The summed E-state index contributed by atoms with van der Waals surface area (Å²) in [6, 6.07) is 6.41. The van der Waals surface area contributed by atoms with E-state index in [0.29, 0.717) is 18.9 Å². The van der Waals surface area contributed by atoms with Crippen LogP contribution in [-0.4, -0.2) is 46.0 Å². The summed E-state index contributed by atoms with van der Waals surface area (Å²) in [5.41, 5.74) is 0. The molecule has 0 bridgehead atoms. The van der Waals surface area contributed by atoms with Crippen LogP contribution in [0.25, 0.3) is 0 Å². The highest BCUT2D eigenvalue weighted by atomic mass is 32.2. The Bertz CT molecular complexity index is 562. The molecule has 0 saturated heterocycles. The molecule has 0 aliphatic carbocycles. The number of sulfonamides is 1. The Labute approximate surface area is 127 Å². The fraction of sp³-hybridized carbons (Fsp3) is 0.467. The molecule has 6 heteroatoms. The van der Waals surface area contributed by atoms with Gasteiger partial charge in [-0.25, -0.2) is 8.42 Å². The van der Waals surface area contributed by atoms with Gasteiger partial charge in [-0.1, -0.05) is 12.8 Å². The van der Waals surface area contributed by atoms with Crippen LogP contribution in [0.5, 0.6) is 5.75 Å². The zero-order valence-corrected chi connectivity index (χ0v) is 13.3. The predicted molar refractivity (Wildman–Crippen MR) is 83.7 cm³/mol. The van der Waals surface area contributed by atoms with Crippen LogP contribution in [0, 0.1) is 12.3 Å². The number of nitrogens with zero attached hydrogens (tertiary/aromatic N) is 1. The van der Waals surface area contributed by atoms with E-state index in [1.807, 2.05) is 7.05 Å². The molecular weight excluding hydrogens is 288 g/mol. The maximum atomic E-state index is 12.3. The second kappa shape index (κ2) is 8.67. The van der Waals surface area contributed by atoms with Crippen molar-refractivity contribution in [1.29, 1.82) is 0 Å². The molecule has 0 atom stereocenters. The summed E-state index contributed by atoms with van der Waals surface area (Å²) in [4.78, 5) is 0.224. The number of ether oxygens (including phenoxy) is 1. The van der Waals surface area contributed by atoms with Crippen molar-refractivity contribution in [2.45, 2.75) is 18.2 Å². The lowest BCUT2D eigenvalue weighted by Gasteiger charge is -2.18. The lowest BCUT2D eigenvalue weighted by Crippen LogP contribution is -2.31. The van der Waals surface area contributed by atoms with E-state index < -0.39 is 10.0 Å². The highest BCUT2D eigenvalue weighted by Crippen LogP contribution is 2.19. The molecule has 0 fully saturated rings. The summed E-state index contributed by atoms with van der Waals surface area (Å²) in [5, 5.41) is 3.03. The minimum atomic E-state index is -3.53. The monoisotopic (exact) mass is 310 g/mol. The molecule has 5 nitrogen and oxygen atoms in total. The van der Waals surface area contributed by atoms with Crippen LogP contribution in [0.2, 0.25) is 0 Å². The first-order valence-corrected chi connectivity index (χ1v) is 8.31. The van der Waals surface area contributed by atoms with Gasteiger partial charge in [-0.15, -0.1) is 6.42 Å². The van der Waals surface area contributed by atoms with Gasteiger partial charge in [-0.05, 0) is 44.3 Å². The fourth-order valence-corrected chi connectivity index (χ4v) is 3.13. The molecule has 0 unspecified atom stereocenters. The Morgan fingerprint density at radius 1 is 1.33 bits per heavy atom. The van der Waals surface area contributed by atoms with Crippen LogP contribution in [-0.2, 0) is 10.0 Å². The molecule has 0 heterocycles. The number of rotatable bonds is 9. The summed E-state index contributed by atoms with van der Waals surface area (Å²) >= 11 is 0. The SMILES string of the molecule is C#CCN(CC)S(=O)(=O)c1ccc(OCCCNC)cc1. The highest BCUT2D eigenvalue weighted by Gasteiger charge is 2.21. The molecule has 0 aliphatic heterocycles. The topological polar surface area (TPSA) is 58.6 Å². The first-order valence-electron chi connectivity index (χ1n) is 6.87. The molecule has 0 amide bonds. The van der Waals surface area contributed by atoms with Crippen molar-refractivity contribution in [2.75, 3.05) is 33.3 Å². The summed E-state index contributed by atoms with van der Waals surface area (Å²) in [7, 11) is -1.65. The van der Waals surface area contributed by atoms with Gasteiger partial charge in [0.1, 0.15) is 5.75 Å². The van der Waals surface area contributed by atoms with Crippen molar-refractivity contribution in [1.82, 2.24) is 9.62 Å². The van der Waals surface area contributed by atoms with Gasteiger partial charge in [0.05, 0.1) is 18.0 Å². The summed E-state index contributed by atoms with van der Waals surface area (Å²) < 4.78 is 31.5. The molecule has 116 valence electrons. The van der Waals surface area contributed by atoms with Crippen molar-refractivity contribution in [3.8, 4) is 18.1 Å². The van der Waals surface area contributed by atoms with Crippen molar-refractivity contribution in [3.05, 3.63) is 24.3 Å². The minimum absolute atomic E-state index is 0.0705. The van der Waals surface area contributed by atoms with E-state index in [1.54, 1.807) is 31.2 Å². The van der Waals surface area contributed by atoms with Gasteiger partial charge < -0.3 is 10.1 Å². The van der Waals surface area contributed by atoms with Crippen molar-refractivity contribution in [2.24, 2.45) is 0 Å². The summed E-state index contributed by atoms with van der Waals surface area (Å²) in [6.45, 7) is 3.64. The number of benzene rings is 1. The predicted octanol–water partition coefficient (Wildman–Crippen LogP) is 1.32. The number of nitrogens with one attached hydrogen (secondary N) is 1. The Balaban J connectivity index is 2.75. The van der Waals surface area contributed by atoms with Crippen LogP contribution in [0.1, 0.15) is 13.3 Å². The molecule has 0 aromatic heterocycles. The van der Waals surface area contributed by atoms with Crippen molar-refractivity contribution < 1.29 is 13.2 Å². The van der Waals surface area contributed by atoms with Crippen LogP contribution in [0.15, 0.2) is 29.2 Å². The van der Waals surface area contributed by atoms with Crippen molar-refractivity contribution >= 4 is 10.0 Å². The van der Waals surface area contributed by atoms with Crippen LogP contribution < -0.4 is 10.1 Å². The van der Waals surface area contributed by atoms with Crippen LogP contribution in [0.3, 0.4) is 0 Å². The van der Waals surface area contributed by atoms with E-state index in [-0.39, 0.29) is 11.4 Å². The number of hydrogen-bond donors (Lipinski definition) is 1. The van der Waals surface area contributed by atoms with Gasteiger partial charge in [0.2, 0.25) is 10.0 Å². The molecule has 0 spiro atoms. The van der Waals surface area contributed by atoms with Gasteiger partial charge in [0.15, 0.2) is 0 Å². The maximum Gasteiger partial charge on any atom is 0.243 e. The zero-order chi connectivity index (χ0) is 15.7. The third kappa shape index (κ3) is 5.05. The standard InChI is InChI=1S/C15H22N2O3S/c1-4-12-17(5-2)21(18,19)15-9-7-14(8-10-15)20-13-6-11-16-3/h1,7-10,16H,5-6,11-13H2,2-3H3.